The summed E-state index contributed by atoms with van der Waals surface area (Å²) in [5.74, 6) is -4.32. The molecule has 0 aliphatic rings. The van der Waals surface area contributed by atoms with E-state index in [0.717, 1.165) is 12.8 Å². The Labute approximate surface area is 199 Å². The van der Waals surface area contributed by atoms with Gasteiger partial charge < -0.3 is 41.0 Å². The number of carboxylic acid groups (broad SMARTS) is 2. The largest absolute Gasteiger partial charge is 0.480 e. The minimum atomic E-state index is -1.35. The van der Waals surface area contributed by atoms with Gasteiger partial charge in [0.2, 0.25) is 17.7 Å². The van der Waals surface area contributed by atoms with Crippen molar-refractivity contribution >= 4 is 29.7 Å². The smallest absolute Gasteiger partial charge is 0.326 e. The molecule has 0 saturated heterocycles. The topological polar surface area (TPSA) is 192 Å². The Morgan fingerprint density at radius 3 is 1.88 bits per heavy atom. The van der Waals surface area contributed by atoms with Crippen LogP contribution in [-0.2, 0) is 33.4 Å². The van der Waals surface area contributed by atoms with Gasteiger partial charge in [0, 0.05) is 25.9 Å². The summed E-state index contributed by atoms with van der Waals surface area (Å²) in [6.45, 7) is 3.71. The first-order valence-corrected chi connectivity index (χ1v) is 11.3. The Balaban J connectivity index is 4.36. The Bertz CT molecular complexity index is 646. The molecular formula is C21H38N4O9. The maximum Gasteiger partial charge on any atom is 0.326 e. The fraction of sp³-hybridized carbons (Fsp3) is 0.762. The van der Waals surface area contributed by atoms with E-state index >= 15 is 0 Å². The van der Waals surface area contributed by atoms with Crippen molar-refractivity contribution in [1.29, 1.82) is 0 Å². The van der Waals surface area contributed by atoms with Crippen LogP contribution in [0, 0.1) is 0 Å². The zero-order chi connectivity index (χ0) is 25.8. The third-order valence-corrected chi connectivity index (χ3v) is 4.54. The Morgan fingerprint density at radius 2 is 1.32 bits per heavy atom. The predicted molar refractivity (Wildman–Crippen MR) is 121 cm³/mol. The molecule has 0 aliphatic heterocycles. The number of hydrogen-bond acceptors (Lipinski definition) is 8. The highest BCUT2D eigenvalue weighted by molar-refractivity contribution is 5.86. The summed E-state index contributed by atoms with van der Waals surface area (Å²) in [4.78, 5) is 58.5. The highest BCUT2D eigenvalue weighted by Crippen LogP contribution is 2.03. The molecule has 0 fully saturated rings. The summed E-state index contributed by atoms with van der Waals surface area (Å²) < 4.78 is 10.3. The van der Waals surface area contributed by atoms with E-state index in [9.17, 15) is 34.2 Å². The molecule has 0 aromatic carbocycles. The van der Waals surface area contributed by atoms with Gasteiger partial charge in [-0.1, -0.05) is 13.3 Å². The summed E-state index contributed by atoms with van der Waals surface area (Å²) in [6.07, 6.45) is 0.964. The molecule has 0 heterocycles. The molecule has 0 spiro atoms. The van der Waals surface area contributed by atoms with Gasteiger partial charge in [-0.3, -0.25) is 14.4 Å². The monoisotopic (exact) mass is 490 g/mol. The molecule has 3 amide bonds. The van der Waals surface area contributed by atoms with E-state index in [4.69, 9.17) is 9.47 Å². The van der Waals surface area contributed by atoms with Crippen LogP contribution >= 0.6 is 0 Å². The number of carboxylic acids is 2. The predicted octanol–water partition coefficient (Wildman–Crippen LogP) is -1.15. The Morgan fingerprint density at radius 1 is 0.765 bits per heavy atom. The average Bonchev–Trinajstić information content (AvgIpc) is 2.78. The van der Waals surface area contributed by atoms with Crippen LogP contribution in [-0.4, -0.2) is 98.5 Å². The van der Waals surface area contributed by atoms with E-state index in [2.05, 4.69) is 21.3 Å². The van der Waals surface area contributed by atoms with Crippen molar-refractivity contribution in [2.45, 2.75) is 57.5 Å². The van der Waals surface area contributed by atoms with Crippen LogP contribution in [0.1, 0.15) is 45.4 Å². The van der Waals surface area contributed by atoms with E-state index in [1.165, 1.54) is 0 Å². The SMILES string of the molecule is CCCCNC(=O)CCC(NC(=O)CC[C@H](NC(=O)COCCOCCNC)C(=O)O)C(=O)O. The van der Waals surface area contributed by atoms with Crippen molar-refractivity contribution in [3.05, 3.63) is 0 Å². The van der Waals surface area contributed by atoms with Gasteiger partial charge in [0.25, 0.3) is 0 Å². The van der Waals surface area contributed by atoms with Gasteiger partial charge in [-0.05, 0) is 26.3 Å². The molecule has 34 heavy (non-hydrogen) atoms. The molecule has 0 rings (SSSR count). The van der Waals surface area contributed by atoms with Gasteiger partial charge in [0.15, 0.2) is 0 Å². The van der Waals surface area contributed by atoms with E-state index in [1.807, 2.05) is 6.92 Å². The zero-order valence-electron chi connectivity index (χ0n) is 19.9. The normalized spacial score (nSPS) is 12.4. The molecule has 0 aliphatic carbocycles. The molecule has 1 unspecified atom stereocenters. The number of unbranched alkanes of at least 4 members (excludes halogenated alkanes) is 1. The van der Waals surface area contributed by atoms with Gasteiger partial charge >= 0.3 is 11.9 Å². The third-order valence-electron chi connectivity index (χ3n) is 4.54. The number of amides is 3. The van der Waals surface area contributed by atoms with Crippen molar-refractivity contribution in [3.8, 4) is 0 Å². The second kappa shape index (κ2) is 19.7. The van der Waals surface area contributed by atoms with Crippen molar-refractivity contribution in [3.63, 3.8) is 0 Å². The molecule has 0 aromatic rings. The molecule has 0 radical (unpaired) electrons. The van der Waals surface area contributed by atoms with E-state index in [0.29, 0.717) is 19.7 Å². The molecule has 6 N–H and O–H groups in total. The third kappa shape index (κ3) is 16.8. The van der Waals surface area contributed by atoms with Crippen LogP contribution < -0.4 is 21.3 Å². The second-order valence-electron chi connectivity index (χ2n) is 7.47. The van der Waals surface area contributed by atoms with Crippen LogP contribution in [0.2, 0.25) is 0 Å². The molecule has 0 aromatic heterocycles. The van der Waals surface area contributed by atoms with Crippen LogP contribution in [0.4, 0.5) is 0 Å². The second-order valence-corrected chi connectivity index (χ2v) is 7.47. The van der Waals surface area contributed by atoms with Crippen molar-refractivity contribution < 1.29 is 43.7 Å². The number of carbonyl (C=O) groups is 5. The highest BCUT2D eigenvalue weighted by atomic mass is 16.5. The van der Waals surface area contributed by atoms with Gasteiger partial charge in [-0.15, -0.1) is 0 Å². The van der Waals surface area contributed by atoms with Gasteiger partial charge in [0.1, 0.15) is 18.7 Å². The molecule has 13 nitrogen and oxygen atoms in total. The van der Waals surface area contributed by atoms with Gasteiger partial charge in [0.05, 0.1) is 19.8 Å². The molecule has 0 saturated carbocycles. The van der Waals surface area contributed by atoms with E-state index in [1.54, 1.807) is 7.05 Å². The number of ether oxygens (including phenoxy) is 2. The minimum Gasteiger partial charge on any atom is -0.480 e. The maximum atomic E-state index is 12.1. The first-order valence-electron chi connectivity index (χ1n) is 11.3. The fourth-order valence-electron chi connectivity index (χ4n) is 2.62. The lowest BCUT2D eigenvalue weighted by molar-refractivity contribution is -0.144. The van der Waals surface area contributed by atoms with E-state index in [-0.39, 0.29) is 51.4 Å². The summed E-state index contributed by atoms with van der Waals surface area (Å²) in [6, 6.07) is -2.63. The summed E-state index contributed by atoms with van der Waals surface area (Å²) >= 11 is 0. The van der Waals surface area contributed by atoms with Crippen molar-refractivity contribution in [2.75, 3.05) is 46.6 Å². The molecule has 0 bridgehead atoms. The molecule has 2 atom stereocenters. The number of rotatable bonds is 21. The lowest BCUT2D eigenvalue weighted by Gasteiger charge is -2.17. The van der Waals surface area contributed by atoms with Crippen LogP contribution in [0.3, 0.4) is 0 Å². The highest BCUT2D eigenvalue weighted by Gasteiger charge is 2.24. The van der Waals surface area contributed by atoms with Crippen LogP contribution in [0.25, 0.3) is 0 Å². The van der Waals surface area contributed by atoms with E-state index < -0.39 is 35.8 Å². The van der Waals surface area contributed by atoms with Crippen molar-refractivity contribution in [2.24, 2.45) is 0 Å². The summed E-state index contributed by atoms with van der Waals surface area (Å²) in [5, 5.41) is 28.7. The van der Waals surface area contributed by atoms with Gasteiger partial charge in [-0.2, -0.15) is 0 Å². The zero-order valence-corrected chi connectivity index (χ0v) is 19.9. The number of aliphatic carboxylic acids is 2. The summed E-state index contributed by atoms with van der Waals surface area (Å²) in [7, 11) is 1.79. The summed E-state index contributed by atoms with van der Waals surface area (Å²) in [5.41, 5.74) is 0. The van der Waals surface area contributed by atoms with Gasteiger partial charge in [-0.25, -0.2) is 9.59 Å². The van der Waals surface area contributed by atoms with Crippen molar-refractivity contribution in [1.82, 2.24) is 21.3 Å². The number of hydrogen-bond donors (Lipinski definition) is 6. The van der Waals surface area contributed by atoms with Crippen LogP contribution in [0.15, 0.2) is 0 Å². The Hall–Kier alpha value is -2.77. The maximum absolute atomic E-state index is 12.1. The molecule has 13 heteroatoms. The number of likely N-dealkylation sites (N-methyl/N-ethyl adjacent to an activating group) is 1. The average molecular weight is 491 g/mol. The first kappa shape index (κ1) is 31.2. The quantitative estimate of drug-likeness (QED) is 0.107. The molecule has 196 valence electrons. The first-order chi connectivity index (χ1) is 16.2. The fourth-order valence-corrected chi connectivity index (χ4v) is 2.62. The number of carbonyl (C=O) groups excluding carboxylic acids is 3. The molecular weight excluding hydrogens is 452 g/mol. The Kier molecular flexibility index (Phi) is 18.1. The van der Waals surface area contributed by atoms with Crippen LogP contribution in [0.5, 0.6) is 0 Å². The minimum absolute atomic E-state index is 0.0741. The number of nitrogens with one attached hydrogen (secondary N) is 4. The lowest BCUT2D eigenvalue weighted by atomic mass is 10.1. The standard InChI is InChI=1S/C21H38N4O9/c1-3-4-9-23-17(26)7-5-15(20(29)30)24-18(27)8-6-16(21(31)32)25-19(28)14-34-13-12-33-11-10-22-2/h15-16,22H,3-14H2,1-2H3,(H,23,26)(H,24,27)(H,25,28)(H,29,30)(H,31,32)/t15?,16-/m0/s1. The lowest BCUT2D eigenvalue weighted by Crippen LogP contribution is -2.45.